The molecule has 0 amide bonds. The van der Waals surface area contributed by atoms with Crippen LogP contribution in [-0.2, 0) is 9.47 Å². The number of rotatable bonds is 0. The summed E-state index contributed by atoms with van der Waals surface area (Å²) in [7, 11) is 0. The highest BCUT2D eigenvalue weighted by molar-refractivity contribution is 6.37. The quantitative estimate of drug-likeness (QED) is 0.631. The van der Waals surface area contributed by atoms with Crippen LogP contribution in [0.5, 0.6) is 0 Å². The van der Waals surface area contributed by atoms with Gasteiger partial charge in [0.2, 0.25) is 10.4 Å². The normalized spacial score (nSPS) is 21.3. The summed E-state index contributed by atoms with van der Waals surface area (Å²) in [6.07, 6.45) is -11.7. The Hall–Kier alpha value is -0.500. The minimum absolute atomic E-state index is 1.30. The summed E-state index contributed by atoms with van der Waals surface area (Å²) < 4.78 is 79.7. The highest BCUT2D eigenvalue weighted by Crippen LogP contribution is 2.53. The van der Waals surface area contributed by atoms with E-state index < -0.39 is 28.6 Å². The Morgan fingerprint density at radius 3 is 1.20 bits per heavy atom. The second-order valence-electron chi connectivity index (χ2n) is 2.36. The molecule has 0 bridgehead atoms. The van der Waals surface area contributed by atoms with Gasteiger partial charge in [-0.15, -0.1) is 0 Å². The number of ether oxygens (including phenoxy) is 2. The van der Waals surface area contributed by atoms with Crippen molar-refractivity contribution in [2.24, 2.45) is 0 Å². The third-order valence-electron chi connectivity index (χ3n) is 1.37. The van der Waals surface area contributed by atoms with Crippen molar-refractivity contribution in [3.8, 4) is 0 Å². The van der Waals surface area contributed by atoms with E-state index in [1.54, 1.807) is 0 Å². The molecular formula is C5Cl2F6O2. The van der Waals surface area contributed by atoms with Crippen LogP contribution in [-0.4, -0.2) is 18.1 Å². The van der Waals surface area contributed by atoms with Crippen molar-refractivity contribution in [1.29, 1.82) is 0 Å². The third-order valence-corrected chi connectivity index (χ3v) is 1.96. The van der Waals surface area contributed by atoms with Gasteiger partial charge >= 0.3 is 18.1 Å². The largest absolute Gasteiger partial charge is 0.478 e. The Morgan fingerprint density at radius 1 is 0.800 bits per heavy atom. The fourth-order valence-corrected chi connectivity index (χ4v) is 1.04. The van der Waals surface area contributed by atoms with Crippen LogP contribution in [0.25, 0.3) is 0 Å². The molecule has 0 fully saturated rings. The van der Waals surface area contributed by atoms with E-state index in [0.29, 0.717) is 0 Å². The molecule has 10 heteroatoms. The lowest BCUT2D eigenvalue weighted by atomic mass is 10.2. The van der Waals surface area contributed by atoms with Gasteiger partial charge in [0, 0.05) is 0 Å². The summed E-state index contributed by atoms with van der Waals surface area (Å²) >= 11 is 9.72. The molecule has 0 radical (unpaired) electrons. The lowest BCUT2D eigenvalue weighted by Gasteiger charge is -2.30. The molecule has 0 N–H and O–H groups in total. The zero-order valence-corrected chi connectivity index (χ0v) is 7.85. The summed E-state index contributed by atoms with van der Waals surface area (Å²) in [5.74, 6) is -4.83. The first kappa shape index (κ1) is 12.6. The van der Waals surface area contributed by atoms with E-state index in [4.69, 9.17) is 23.2 Å². The van der Waals surface area contributed by atoms with Gasteiger partial charge in [0.15, 0.2) is 0 Å². The summed E-state index contributed by atoms with van der Waals surface area (Å²) in [5, 5.41) is -2.60. The van der Waals surface area contributed by atoms with E-state index in [1.165, 1.54) is 0 Å². The number of hydrogen-bond donors (Lipinski definition) is 0. The van der Waals surface area contributed by atoms with Gasteiger partial charge in [-0.1, -0.05) is 0 Å². The van der Waals surface area contributed by atoms with Crippen molar-refractivity contribution in [3.05, 3.63) is 10.4 Å². The summed E-state index contributed by atoms with van der Waals surface area (Å²) in [6.45, 7) is 0. The van der Waals surface area contributed by atoms with Crippen LogP contribution in [0.1, 0.15) is 0 Å². The van der Waals surface area contributed by atoms with Crippen molar-refractivity contribution in [3.63, 3.8) is 0 Å². The van der Waals surface area contributed by atoms with E-state index in [1.807, 2.05) is 0 Å². The zero-order chi connectivity index (χ0) is 12.1. The predicted octanol–water partition coefficient (Wildman–Crippen LogP) is 3.46. The molecule has 1 heterocycles. The Balaban J connectivity index is 3.16. The average molecular weight is 277 g/mol. The average Bonchev–Trinajstić information content (AvgIpc) is 2.26. The first-order valence-corrected chi connectivity index (χ1v) is 3.83. The smallest absolute Gasteiger partial charge is 0.422 e. The monoisotopic (exact) mass is 276 g/mol. The molecule has 2 nitrogen and oxygen atoms in total. The zero-order valence-electron chi connectivity index (χ0n) is 6.34. The Labute approximate surface area is 88.3 Å². The van der Waals surface area contributed by atoms with Crippen LogP contribution in [0.2, 0.25) is 0 Å². The van der Waals surface area contributed by atoms with Crippen molar-refractivity contribution < 1.29 is 35.8 Å². The molecule has 88 valence electrons. The summed E-state index contributed by atoms with van der Waals surface area (Å²) in [4.78, 5) is 0. The first-order chi connectivity index (χ1) is 6.51. The highest BCUT2D eigenvalue weighted by Gasteiger charge is 2.79. The van der Waals surface area contributed by atoms with Gasteiger partial charge in [0.25, 0.3) is 0 Å². The fraction of sp³-hybridized carbons (Fsp3) is 0.600. The van der Waals surface area contributed by atoms with Crippen LogP contribution >= 0.6 is 23.2 Å². The van der Waals surface area contributed by atoms with Gasteiger partial charge in [-0.2, -0.15) is 26.3 Å². The molecule has 1 aliphatic heterocycles. The molecule has 0 aromatic heterocycles. The van der Waals surface area contributed by atoms with E-state index in [-0.39, 0.29) is 0 Å². The molecule has 0 atom stereocenters. The predicted molar refractivity (Wildman–Crippen MR) is 35.7 cm³/mol. The standard InChI is InChI=1S/C5Cl2F6O2/c6-1-2(7)15-3(14-1,4(8,9)10)5(11,12)13. The Kier molecular flexibility index (Phi) is 2.72. The fourth-order valence-electron chi connectivity index (χ4n) is 0.746. The summed E-state index contributed by atoms with van der Waals surface area (Å²) in [6, 6.07) is 0. The number of alkyl halides is 6. The minimum Gasteiger partial charge on any atom is -0.422 e. The second kappa shape index (κ2) is 3.24. The molecule has 0 unspecified atom stereocenters. The molecule has 1 rings (SSSR count). The molecular weight excluding hydrogens is 277 g/mol. The van der Waals surface area contributed by atoms with Gasteiger partial charge < -0.3 is 9.47 Å². The summed E-state index contributed by atoms with van der Waals surface area (Å²) in [5.41, 5.74) is 0. The number of hydrogen-bond acceptors (Lipinski definition) is 2. The van der Waals surface area contributed by atoms with Crippen molar-refractivity contribution in [2.75, 3.05) is 0 Å². The van der Waals surface area contributed by atoms with E-state index in [9.17, 15) is 26.3 Å². The molecule has 1 aliphatic rings. The molecule has 0 aromatic carbocycles. The van der Waals surface area contributed by atoms with Crippen molar-refractivity contribution >= 4 is 23.2 Å². The molecule has 0 saturated carbocycles. The third kappa shape index (κ3) is 1.80. The molecule has 15 heavy (non-hydrogen) atoms. The SMILES string of the molecule is FC(F)(F)C1(C(F)(F)F)OC(Cl)=C(Cl)O1. The Morgan fingerprint density at radius 2 is 1.07 bits per heavy atom. The van der Waals surface area contributed by atoms with Gasteiger partial charge in [-0.05, 0) is 23.2 Å². The van der Waals surface area contributed by atoms with E-state index in [0.717, 1.165) is 0 Å². The maximum absolute atomic E-state index is 12.1. The van der Waals surface area contributed by atoms with Crippen molar-refractivity contribution in [1.82, 2.24) is 0 Å². The lowest BCUT2D eigenvalue weighted by molar-refractivity contribution is -0.436. The van der Waals surface area contributed by atoms with E-state index in [2.05, 4.69) is 9.47 Å². The van der Waals surface area contributed by atoms with Gasteiger partial charge in [0.1, 0.15) is 0 Å². The Bertz CT molecular complexity index is 276. The van der Waals surface area contributed by atoms with Gasteiger partial charge in [0.05, 0.1) is 0 Å². The van der Waals surface area contributed by atoms with Crippen molar-refractivity contribution in [2.45, 2.75) is 18.1 Å². The second-order valence-corrected chi connectivity index (χ2v) is 3.05. The van der Waals surface area contributed by atoms with Crippen LogP contribution in [0.4, 0.5) is 26.3 Å². The number of halogens is 8. The topological polar surface area (TPSA) is 18.5 Å². The van der Waals surface area contributed by atoms with Gasteiger partial charge in [-0.25, -0.2) is 0 Å². The molecule has 0 aromatic rings. The van der Waals surface area contributed by atoms with E-state index >= 15 is 0 Å². The maximum Gasteiger partial charge on any atom is 0.478 e. The maximum atomic E-state index is 12.1. The van der Waals surface area contributed by atoms with Crippen LogP contribution in [0, 0.1) is 0 Å². The lowest BCUT2D eigenvalue weighted by Crippen LogP contribution is -2.58. The first-order valence-electron chi connectivity index (χ1n) is 3.08. The highest BCUT2D eigenvalue weighted by atomic mass is 35.5. The molecule has 0 aliphatic carbocycles. The van der Waals surface area contributed by atoms with Crippen LogP contribution < -0.4 is 0 Å². The minimum atomic E-state index is -5.86. The van der Waals surface area contributed by atoms with Gasteiger partial charge in [-0.3, -0.25) is 0 Å². The van der Waals surface area contributed by atoms with Crippen LogP contribution in [0.3, 0.4) is 0 Å². The molecule has 0 spiro atoms. The molecule has 0 saturated heterocycles. The van der Waals surface area contributed by atoms with Crippen LogP contribution in [0.15, 0.2) is 10.4 Å².